The second-order valence-corrected chi connectivity index (χ2v) is 6.32. The van der Waals surface area contributed by atoms with Crippen LogP contribution in [0, 0.1) is 19.8 Å². The van der Waals surface area contributed by atoms with Gasteiger partial charge in [-0.2, -0.15) is 0 Å². The molecule has 0 saturated heterocycles. The van der Waals surface area contributed by atoms with Crippen molar-refractivity contribution < 1.29 is 14.1 Å². The van der Waals surface area contributed by atoms with Gasteiger partial charge in [-0.25, -0.2) is 0 Å². The Labute approximate surface area is 141 Å². The number of amides is 2. The van der Waals surface area contributed by atoms with E-state index in [2.05, 4.69) is 10.5 Å². The predicted molar refractivity (Wildman–Crippen MR) is 91.8 cm³/mol. The van der Waals surface area contributed by atoms with Crippen molar-refractivity contribution in [2.75, 3.05) is 18.4 Å². The average molecular weight is 329 g/mol. The third kappa shape index (κ3) is 4.94. The number of nitrogens with zero attached hydrogens (tertiary/aromatic N) is 2. The minimum atomic E-state index is -0.301. The summed E-state index contributed by atoms with van der Waals surface area (Å²) in [6.45, 7) is 8.19. The zero-order valence-electron chi connectivity index (χ0n) is 14.5. The fraction of sp³-hybridized carbons (Fsp3) is 0.389. The molecule has 0 aliphatic rings. The van der Waals surface area contributed by atoms with Crippen LogP contribution in [0.3, 0.4) is 0 Å². The topological polar surface area (TPSA) is 75.4 Å². The Bertz CT molecular complexity index is 705. The maximum Gasteiger partial charge on any atom is 0.254 e. The molecule has 0 radical (unpaired) electrons. The highest BCUT2D eigenvalue weighted by Gasteiger charge is 2.20. The highest BCUT2D eigenvalue weighted by molar-refractivity contribution is 5.99. The molecule has 1 aromatic carbocycles. The molecule has 1 aromatic heterocycles. The summed E-state index contributed by atoms with van der Waals surface area (Å²) in [5.41, 5.74) is 1.66. The van der Waals surface area contributed by atoms with Crippen LogP contribution >= 0.6 is 0 Å². The van der Waals surface area contributed by atoms with Crippen LogP contribution in [0.1, 0.15) is 35.5 Å². The third-order valence-electron chi connectivity index (χ3n) is 3.40. The summed E-state index contributed by atoms with van der Waals surface area (Å²) in [6.07, 6.45) is 0. The van der Waals surface area contributed by atoms with Gasteiger partial charge in [-0.3, -0.25) is 9.59 Å². The van der Waals surface area contributed by atoms with Crippen LogP contribution in [0.4, 0.5) is 5.82 Å². The van der Waals surface area contributed by atoms with Crippen LogP contribution in [0.15, 0.2) is 34.9 Å². The minimum Gasteiger partial charge on any atom is -0.360 e. The lowest BCUT2D eigenvalue weighted by Crippen LogP contribution is -2.40. The lowest BCUT2D eigenvalue weighted by Gasteiger charge is -2.24. The standard InChI is InChI=1S/C18H23N3O3/c1-12(2)10-21(18(23)15-7-5-13(3)6-8-15)11-17(22)19-16-9-14(4)24-20-16/h5-9,12H,10-11H2,1-4H3,(H,19,20,22). The number of carbonyl (C=O) groups excluding carboxylic acids is 2. The van der Waals surface area contributed by atoms with E-state index in [9.17, 15) is 9.59 Å². The van der Waals surface area contributed by atoms with E-state index >= 15 is 0 Å². The van der Waals surface area contributed by atoms with Crippen molar-refractivity contribution in [3.63, 3.8) is 0 Å². The van der Waals surface area contributed by atoms with E-state index in [4.69, 9.17) is 4.52 Å². The molecule has 2 amide bonds. The second kappa shape index (κ2) is 7.77. The molecule has 0 spiro atoms. The van der Waals surface area contributed by atoms with Gasteiger partial charge in [0, 0.05) is 18.2 Å². The smallest absolute Gasteiger partial charge is 0.254 e. The molecular formula is C18H23N3O3. The van der Waals surface area contributed by atoms with Crippen molar-refractivity contribution in [3.8, 4) is 0 Å². The van der Waals surface area contributed by atoms with Crippen molar-refractivity contribution in [1.82, 2.24) is 10.1 Å². The summed E-state index contributed by atoms with van der Waals surface area (Å²) in [6, 6.07) is 8.97. The number of aryl methyl sites for hydroxylation is 2. The van der Waals surface area contributed by atoms with Crippen molar-refractivity contribution in [1.29, 1.82) is 0 Å². The summed E-state index contributed by atoms with van der Waals surface area (Å²) >= 11 is 0. The van der Waals surface area contributed by atoms with Crippen molar-refractivity contribution >= 4 is 17.6 Å². The number of anilines is 1. The second-order valence-electron chi connectivity index (χ2n) is 6.32. The first-order valence-corrected chi connectivity index (χ1v) is 7.94. The molecule has 2 aromatic rings. The Hall–Kier alpha value is -2.63. The molecule has 6 heteroatoms. The first-order chi connectivity index (χ1) is 11.3. The number of hydrogen-bond donors (Lipinski definition) is 1. The molecule has 0 fully saturated rings. The summed E-state index contributed by atoms with van der Waals surface area (Å²) in [7, 11) is 0. The maximum absolute atomic E-state index is 12.7. The van der Waals surface area contributed by atoms with Gasteiger partial charge in [0.1, 0.15) is 12.3 Å². The largest absolute Gasteiger partial charge is 0.360 e. The number of aromatic nitrogens is 1. The van der Waals surface area contributed by atoms with Gasteiger partial charge in [0.15, 0.2) is 5.82 Å². The van der Waals surface area contributed by atoms with Crippen LogP contribution < -0.4 is 5.32 Å². The van der Waals surface area contributed by atoms with E-state index in [0.29, 0.717) is 23.7 Å². The summed E-state index contributed by atoms with van der Waals surface area (Å²) < 4.78 is 4.92. The Morgan fingerprint density at radius 3 is 2.42 bits per heavy atom. The van der Waals surface area contributed by atoms with E-state index in [1.54, 1.807) is 30.0 Å². The number of rotatable bonds is 6. The molecule has 128 valence electrons. The van der Waals surface area contributed by atoms with Gasteiger partial charge in [0.05, 0.1) is 0 Å². The summed E-state index contributed by atoms with van der Waals surface area (Å²) in [5, 5.41) is 6.37. The summed E-state index contributed by atoms with van der Waals surface area (Å²) in [5.74, 6) is 0.755. The Morgan fingerprint density at radius 1 is 1.21 bits per heavy atom. The van der Waals surface area contributed by atoms with Crippen LogP contribution in [0.25, 0.3) is 0 Å². The predicted octanol–water partition coefficient (Wildman–Crippen LogP) is 3.03. The quantitative estimate of drug-likeness (QED) is 0.884. The molecule has 0 bridgehead atoms. The van der Waals surface area contributed by atoms with Crippen LogP contribution in [0.5, 0.6) is 0 Å². The molecule has 0 atom stereocenters. The number of carbonyl (C=O) groups is 2. The summed E-state index contributed by atoms with van der Waals surface area (Å²) in [4.78, 5) is 26.5. The van der Waals surface area contributed by atoms with Gasteiger partial charge in [-0.15, -0.1) is 0 Å². The molecule has 0 saturated carbocycles. The van der Waals surface area contributed by atoms with Crippen LogP contribution in [-0.2, 0) is 4.79 Å². The van der Waals surface area contributed by atoms with Crippen molar-refractivity contribution in [3.05, 3.63) is 47.2 Å². The van der Waals surface area contributed by atoms with Gasteiger partial charge in [-0.1, -0.05) is 36.7 Å². The molecule has 6 nitrogen and oxygen atoms in total. The Balaban J connectivity index is 2.08. The monoisotopic (exact) mass is 329 g/mol. The first kappa shape index (κ1) is 17.7. The van der Waals surface area contributed by atoms with E-state index in [0.717, 1.165) is 5.56 Å². The lowest BCUT2D eigenvalue weighted by atomic mass is 10.1. The first-order valence-electron chi connectivity index (χ1n) is 7.94. The van der Waals surface area contributed by atoms with Gasteiger partial charge in [0.25, 0.3) is 5.91 Å². The van der Waals surface area contributed by atoms with E-state index in [1.165, 1.54) is 0 Å². The number of nitrogens with one attached hydrogen (secondary N) is 1. The van der Waals surface area contributed by atoms with Gasteiger partial charge in [-0.05, 0) is 31.9 Å². The minimum absolute atomic E-state index is 0.0310. The normalized spacial score (nSPS) is 10.7. The average Bonchev–Trinajstić information content (AvgIpc) is 2.91. The molecule has 24 heavy (non-hydrogen) atoms. The van der Waals surface area contributed by atoms with E-state index < -0.39 is 0 Å². The zero-order valence-corrected chi connectivity index (χ0v) is 14.5. The van der Waals surface area contributed by atoms with E-state index in [1.807, 2.05) is 32.9 Å². The fourth-order valence-electron chi connectivity index (χ4n) is 2.32. The molecule has 0 aliphatic heterocycles. The Morgan fingerprint density at radius 2 is 1.88 bits per heavy atom. The zero-order chi connectivity index (χ0) is 17.7. The lowest BCUT2D eigenvalue weighted by molar-refractivity contribution is -0.117. The molecule has 0 aliphatic carbocycles. The Kier molecular flexibility index (Phi) is 5.73. The third-order valence-corrected chi connectivity index (χ3v) is 3.40. The number of hydrogen-bond acceptors (Lipinski definition) is 4. The molecule has 1 heterocycles. The molecule has 0 unspecified atom stereocenters. The van der Waals surface area contributed by atoms with Gasteiger partial charge < -0.3 is 14.7 Å². The molecule has 2 rings (SSSR count). The van der Waals surface area contributed by atoms with E-state index in [-0.39, 0.29) is 24.3 Å². The van der Waals surface area contributed by atoms with Crippen LogP contribution in [-0.4, -0.2) is 35.0 Å². The molecular weight excluding hydrogens is 306 g/mol. The van der Waals surface area contributed by atoms with Gasteiger partial charge >= 0.3 is 0 Å². The van der Waals surface area contributed by atoms with Gasteiger partial charge in [0.2, 0.25) is 5.91 Å². The molecule has 1 N–H and O–H groups in total. The van der Waals surface area contributed by atoms with Crippen molar-refractivity contribution in [2.24, 2.45) is 5.92 Å². The maximum atomic E-state index is 12.7. The van der Waals surface area contributed by atoms with Crippen LogP contribution in [0.2, 0.25) is 0 Å². The highest BCUT2D eigenvalue weighted by atomic mass is 16.5. The highest BCUT2D eigenvalue weighted by Crippen LogP contribution is 2.11. The number of benzene rings is 1. The SMILES string of the molecule is Cc1ccc(C(=O)N(CC(=O)Nc2cc(C)on2)CC(C)C)cc1. The fourth-order valence-corrected chi connectivity index (χ4v) is 2.32. The van der Waals surface area contributed by atoms with Crippen molar-refractivity contribution in [2.45, 2.75) is 27.7 Å².